The maximum Gasteiger partial charge on any atom is 0.239 e. The number of carbonyl (C=O) groups excluding carboxylic acids is 1. The third kappa shape index (κ3) is 4.87. The highest BCUT2D eigenvalue weighted by atomic mass is 32.1. The molecule has 0 spiro atoms. The lowest BCUT2D eigenvalue weighted by Gasteiger charge is -2.10. The molecule has 2 rings (SSSR count). The van der Waals surface area contributed by atoms with Crippen molar-refractivity contribution in [3.05, 3.63) is 29.8 Å². The minimum absolute atomic E-state index is 0.00650. The van der Waals surface area contributed by atoms with Crippen LogP contribution in [0.5, 0.6) is 0 Å². The van der Waals surface area contributed by atoms with Gasteiger partial charge in [0, 0.05) is 11.7 Å². The van der Waals surface area contributed by atoms with Gasteiger partial charge in [-0.25, -0.2) is 0 Å². The molecule has 1 aliphatic carbocycles. The number of benzene rings is 1. The van der Waals surface area contributed by atoms with Gasteiger partial charge in [-0.1, -0.05) is 19.1 Å². The molecule has 1 amide bonds. The van der Waals surface area contributed by atoms with Crippen molar-refractivity contribution in [3.8, 4) is 0 Å². The first-order valence-corrected chi connectivity index (χ1v) is 7.01. The van der Waals surface area contributed by atoms with Crippen molar-refractivity contribution >= 4 is 28.9 Å². The van der Waals surface area contributed by atoms with Crippen LogP contribution in [0.3, 0.4) is 0 Å². The van der Waals surface area contributed by atoms with Crippen LogP contribution in [0, 0.1) is 0 Å². The number of thiocarbonyl (C=S) groups is 1. The van der Waals surface area contributed by atoms with Crippen molar-refractivity contribution in [2.75, 3.05) is 11.9 Å². The van der Waals surface area contributed by atoms with Gasteiger partial charge in [-0.15, -0.1) is 0 Å². The summed E-state index contributed by atoms with van der Waals surface area (Å²) in [6.07, 6.45) is 3.21. The molecule has 0 radical (unpaired) electrons. The Balaban J connectivity index is 1.71. The van der Waals surface area contributed by atoms with Crippen LogP contribution in [0.1, 0.15) is 25.3 Å². The highest BCUT2D eigenvalue weighted by molar-refractivity contribution is 7.80. The summed E-state index contributed by atoms with van der Waals surface area (Å²) >= 11 is 5.14. The van der Waals surface area contributed by atoms with Gasteiger partial charge in [-0.2, -0.15) is 0 Å². The van der Waals surface area contributed by atoms with E-state index in [1.54, 1.807) is 0 Å². The highest BCUT2D eigenvalue weighted by Gasteiger charge is 2.22. The van der Waals surface area contributed by atoms with E-state index in [0.717, 1.165) is 24.9 Å². The van der Waals surface area contributed by atoms with Gasteiger partial charge in [0.1, 0.15) is 0 Å². The molecule has 0 atom stereocenters. The fourth-order valence-electron chi connectivity index (χ4n) is 1.67. The molecule has 5 heteroatoms. The van der Waals surface area contributed by atoms with E-state index in [2.05, 4.69) is 35.0 Å². The molecule has 4 nitrogen and oxygen atoms in total. The van der Waals surface area contributed by atoms with Crippen molar-refractivity contribution in [1.82, 2.24) is 10.6 Å². The van der Waals surface area contributed by atoms with Crippen LogP contribution in [0.25, 0.3) is 0 Å². The van der Waals surface area contributed by atoms with Gasteiger partial charge in [0.15, 0.2) is 5.11 Å². The van der Waals surface area contributed by atoms with Gasteiger partial charge < -0.3 is 16.0 Å². The molecule has 1 aromatic rings. The second-order valence-electron chi connectivity index (χ2n) is 4.70. The Bertz CT molecular complexity index is 454. The Morgan fingerprint density at radius 1 is 1.32 bits per heavy atom. The molecular formula is C14H19N3OS. The molecule has 0 aliphatic heterocycles. The number of carbonyl (C=O) groups is 1. The number of hydrogen-bond donors (Lipinski definition) is 3. The van der Waals surface area contributed by atoms with Crippen LogP contribution in [0.15, 0.2) is 24.3 Å². The normalized spacial score (nSPS) is 13.7. The molecule has 102 valence electrons. The van der Waals surface area contributed by atoms with E-state index < -0.39 is 0 Å². The molecule has 1 saturated carbocycles. The van der Waals surface area contributed by atoms with E-state index in [-0.39, 0.29) is 12.5 Å². The maximum atomic E-state index is 11.5. The van der Waals surface area contributed by atoms with E-state index in [1.165, 1.54) is 5.56 Å². The second kappa shape index (κ2) is 6.52. The van der Waals surface area contributed by atoms with Gasteiger partial charge in [-0.3, -0.25) is 4.79 Å². The smallest absolute Gasteiger partial charge is 0.239 e. The Labute approximate surface area is 119 Å². The Morgan fingerprint density at radius 2 is 2.00 bits per heavy atom. The average molecular weight is 277 g/mol. The number of anilines is 1. The largest absolute Gasteiger partial charge is 0.353 e. The summed E-state index contributed by atoms with van der Waals surface area (Å²) in [5.41, 5.74) is 2.21. The van der Waals surface area contributed by atoms with Crippen LogP contribution >= 0.6 is 12.2 Å². The SMILES string of the molecule is CCc1ccc(NC(=S)NCC(=O)NC2CC2)cc1. The Hall–Kier alpha value is -1.62. The quantitative estimate of drug-likeness (QED) is 0.719. The van der Waals surface area contributed by atoms with Crippen molar-refractivity contribution < 1.29 is 4.79 Å². The van der Waals surface area contributed by atoms with E-state index in [4.69, 9.17) is 12.2 Å². The summed E-state index contributed by atoms with van der Waals surface area (Å²) in [6.45, 7) is 2.34. The summed E-state index contributed by atoms with van der Waals surface area (Å²) in [5.74, 6) is -0.00650. The van der Waals surface area contributed by atoms with Crippen molar-refractivity contribution in [2.45, 2.75) is 32.2 Å². The predicted molar refractivity (Wildman–Crippen MR) is 81.2 cm³/mol. The molecule has 3 N–H and O–H groups in total. The van der Waals surface area contributed by atoms with Crippen molar-refractivity contribution in [2.24, 2.45) is 0 Å². The van der Waals surface area contributed by atoms with E-state index in [9.17, 15) is 4.79 Å². The fraction of sp³-hybridized carbons (Fsp3) is 0.429. The van der Waals surface area contributed by atoms with Crippen LogP contribution in [-0.2, 0) is 11.2 Å². The monoisotopic (exact) mass is 277 g/mol. The lowest BCUT2D eigenvalue weighted by Crippen LogP contribution is -2.39. The van der Waals surface area contributed by atoms with Gasteiger partial charge in [0.2, 0.25) is 5.91 Å². The lowest BCUT2D eigenvalue weighted by molar-refractivity contribution is -0.120. The molecular weight excluding hydrogens is 258 g/mol. The lowest BCUT2D eigenvalue weighted by atomic mass is 10.1. The van der Waals surface area contributed by atoms with Gasteiger partial charge in [0.25, 0.3) is 0 Å². The van der Waals surface area contributed by atoms with Crippen molar-refractivity contribution in [1.29, 1.82) is 0 Å². The van der Waals surface area contributed by atoms with E-state index in [0.29, 0.717) is 11.2 Å². The number of amides is 1. The van der Waals surface area contributed by atoms with Crippen LogP contribution in [0.2, 0.25) is 0 Å². The van der Waals surface area contributed by atoms with Gasteiger partial charge in [0.05, 0.1) is 6.54 Å². The number of aryl methyl sites for hydroxylation is 1. The first kappa shape index (κ1) is 13.8. The number of rotatable bonds is 5. The fourth-order valence-corrected chi connectivity index (χ4v) is 1.86. The molecule has 19 heavy (non-hydrogen) atoms. The van der Waals surface area contributed by atoms with Crippen LogP contribution in [-0.4, -0.2) is 23.6 Å². The summed E-state index contributed by atoms with van der Waals surface area (Å²) in [7, 11) is 0. The topological polar surface area (TPSA) is 53.2 Å². The Morgan fingerprint density at radius 3 is 2.58 bits per heavy atom. The van der Waals surface area contributed by atoms with Crippen LogP contribution < -0.4 is 16.0 Å². The summed E-state index contributed by atoms with van der Waals surface area (Å²) in [5, 5.41) is 9.33. The zero-order valence-electron chi connectivity index (χ0n) is 11.0. The maximum absolute atomic E-state index is 11.5. The van der Waals surface area contributed by atoms with Gasteiger partial charge in [-0.05, 0) is 49.2 Å². The van der Waals surface area contributed by atoms with Crippen molar-refractivity contribution in [3.63, 3.8) is 0 Å². The average Bonchev–Trinajstić information content (AvgIpc) is 3.21. The summed E-state index contributed by atoms with van der Waals surface area (Å²) < 4.78 is 0. The molecule has 0 bridgehead atoms. The van der Waals surface area contributed by atoms with E-state index in [1.807, 2.05) is 12.1 Å². The van der Waals surface area contributed by atoms with E-state index >= 15 is 0 Å². The summed E-state index contributed by atoms with van der Waals surface area (Å²) in [6, 6.07) is 8.47. The molecule has 0 heterocycles. The predicted octanol–water partition coefficient (Wildman–Crippen LogP) is 1.81. The summed E-state index contributed by atoms with van der Waals surface area (Å²) in [4.78, 5) is 11.5. The minimum atomic E-state index is -0.00650. The molecule has 0 unspecified atom stereocenters. The highest BCUT2D eigenvalue weighted by Crippen LogP contribution is 2.18. The first-order valence-electron chi connectivity index (χ1n) is 6.60. The first-order chi connectivity index (χ1) is 9.17. The molecule has 1 fully saturated rings. The van der Waals surface area contributed by atoms with Crippen LogP contribution in [0.4, 0.5) is 5.69 Å². The zero-order valence-corrected chi connectivity index (χ0v) is 11.8. The third-order valence-corrected chi connectivity index (χ3v) is 3.22. The second-order valence-corrected chi connectivity index (χ2v) is 5.11. The van der Waals surface area contributed by atoms with Gasteiger partial charge >= 0.3 is 0 Å². The molecule has 1 aromatic carbocycles. The number of nitrogens with one attached hydrogen (secondary N) is 3. The zero-order chi connectivity index (χ0) is 13.7. The Kier molecular flexibility index (Phi) is 4.74. The third-order valence-electron chi connectivity index (χ3n) is 2.97. The number of hydrogen-bond acceptors (Lipinski definition) is 2. The standard InChI is InChI=1S/C14H19N3OS/c1-2-10-3-5-12(6-4-10)17-14(19)15-9-13(18)16-11-7-8-11/h3-6,11H,2,7-9H2,1H3,(H,16,18)(H2,15,17,19). The molecule has 1 aliphatic rings. The molecule has 0 saturated heterocycles. The minimum Gasteiger partial charge on any atom is -0.353 e. The molecule has 0 aromatic heterocycles.